The largest absolute Gasteiger partial charge is 0.375 e. The molecule has 1 fully saturated rings. The van der Waals surface area contributed by atoms with Crippen molar-refractivity contribution in [3.8, 4) is 0 Å². The second-order valence-electron chi connectivity index (χ2n) is 4.55. The molecule has 0 radical (unpaired) electrons. The van der Waals surface area contributed by atoms with Crippen LogP contribution in [-0.2, 0) is 16.1 Å². The number of aromatic nitrogens is 2. The van der Waals surface area contributed by atoms with Gasteiger partial charge in [0.1, 0.15) is 0 Å². The summed E-state index contributed by atoms with van der Waals surface area (Å²) < 4.78 is 8.24. The van der Waals surface area contributed by atoms with Gasteiger partial charge >= 0.3 is 0 Å². The van der Waals surface area contributed by atoms with E-state index in [9.17, 15) is 4.79 Å². The summed E-state index contributed by atoms with van der Waals surface area (Å²) in [5.74, 6) is 0.219. The molecule has 2 heterocycles. The van der Waals surface area contributed by atoms with E-state index in [1.54, 1.807) is 6.20 Å². The number of hydrogen-bond acceptors (Lipinski definition) is 3. The Morgan fingerprint density at radius 1 is 1.67 bits per heavy atom. The molecule has 18 heavy (non-hydrogen) atoms. The van der Waals surface area contributed by atoms with Crippen LogP contribution in [0.5, 0.6) is 0 Å². The third kappa shape index (κ3) is 3.81. The fourth-order valence-electron chi connectivity index (χ4n) is 2.06. The summed E-state index contributed by atoms with van der Waals surface area (Å²) in [5, 5.41) is 4.16. The minimum atomic E-state index is 0.157. The summed E-state index contributed by atoms with van der Waals surface area (Å²) in [7, 11) is 0. The molecule has 0 aromatic carbocycles. The van der Waals surface area contributed by atoms with E-state index in [0.29, 0.717) is 19.6 Å². The molecule has 1 aromatic heterocycles. The highest BCUT2D eigenvalue weighted by molar-refractivity contribution is 9.10. The molecule has 2 rings (SSSR count). The molecule has 1 aliphatic heterocycles. The monoisotopic (exact) mass is 315 g/mol. The molecular formula is C12H18BrN3O2. The van der Waals surface area contributed by atoms with E-state index in [0.717, 1.165) is 24.0 Å². The number of amides is 1. The number of ether oxygens (including phenoxy) is 1. The first kappa shape index (κ1) is 13.5. The van der Waals surface area contributed by atoms with Crippen molar-refractivity contribution in [3.63, 3.8) is 0 Å². The topological polar surface area (TPSA) is 47.4 Å². The third-order valence-electron chi connectivity index (χ3n) is 2.97. The van der Waals surface area contributed by atoms with E-state index < -0.39 is 0 Å². The van der Waals surface area contributed by atoms with Gasteiger partial charge in [0.2, 0.25) is 5.91 Å². The number of rotatable bonds is 4. The standard InChI is InChI=1S/C12H18BrN3O2/c1-10-8-15(5-6-18-10)12(17)3-2-4-16-9-11(13)7-14-16/h7,9-10H,2-6,8H2,1H3. The maximum atomic E-state index is 12.0. The maximum absolute atomic E-state index is 12.0. The van der Waals surface area contributed by atoms with Gasteiger partial charge in [-0.2, -0.15) is 5.10 Å². The van der Waals surface area contributed by atoms with Crippen LogP contribution in [0.15, 0.2) is 16.9 Å². The van der Waals surface area contributed by atoms with E-state index in [1.807, 2.05) is 22.7 Å². The smallest absolute Gasteiger partial charge is 0.222 e. The Morgan fingerprint density at radius 3 is 3.17 bits per heavy atom. The van der Waals surface area contributed by atoms with Crippen LogP contribution in [0.1, 0.15) is 19.8 Å². The van der Waals surface area contributed by atoms with E-state index in [2.05, 4.69) is 21.0 Å². The van der Waals surface area contributed by atoms with Crippen LogP contribution >= 0.6 is 15.9 Å². The number of carbonyl (C=O) groups is 1. The maximum Gasteiger partial charge on any atom is 0.222 e. The Bertz CT molecular complexity index is 408. The van der Waals surface area contributed by atoms with Gasteiger partial charge in [0.05, 0.1) is 23.4 Å². The summed E-state index contributed by atoms with van der Waals surface area (Å²) in [6.45, 7) is 4.86. The van der Waals surface area contributed by atoms with Crippen molar-refractivity contribution in [2.45, 2.75) is 32.4 Å². The van der Waals surface area contributed by atoms with Crippen LogP contribution in [0.25, 0.3) is 0 Å². The molecule has 1 aromatic rings. The van der Waals surface area contributed by atoms with E-state index in [1.165, 1.54) is 0 Å². The first-order chi connectivity index (χ1) is 8.65. The number of nitrogens with zero attached hydrogens (tertiary/aromatic N) is 3. The average Bonchev–Trinajstić information content (AvgIpc) is 2.75. The van der Waals surface area contributed by atoms with Gasteiger partial charge < -0.3 is 9.64 Å². The highest BCUT2D eigenvalue weighted by Gasteiger charge is 2.20. The Morgan fingerprint density at radius 2 is 2.50 bits per heavy atom. The van der Waals surface area contributed by atoms with Gasteiger partial charge in [0, 0.05) is 32.3 Å². The number of morpholine rings is 1. The first-order valence-electron chi connectivity index (χ1n) is 6.22. The van der Waals surface area contributed by atoms with Crippen molar-refractivity contribution in [3.05, 3.63) is 16.9 Å². The van der Waals surface area contributed by atoms with Crippen molar-refractivity contribution in [2.24, 2.45) is 0 Å². The fraction of sp³-hybridized carbons (Fsp3) is 0.667. The quantitative estimate of drug-likeness (QED) is 0.849. The molecule has 0 aliphatic carbocycles. The van der Waals surface area contributed by atoms with E-state index in [4.69, 9.17) is 4.74 Å². The van der Waals surface area contributed by atoms with Gasteiger partial charge in [0.25, 0.3) is 0 Å². The SMILES string of the molecule is CC1CN(C(=O)CCCn2cc(Br)cn2)CCO1. The van der Waals surface area contributed by atoms with Crippen molar-refractivity contribution in [1.82, 2.24) is 14.7 Å². The van der Waals surface area contributed by atoms with Crippen molar-refractivity contribution in [1.29, 1.82) is 0 Å². The summed E-state index contributed by atoms with van der Waals surface area (Å²) in [5.41, 5.74) is 0. The molecule has 1 aliphatic rings. The molecule has 5 nitrogen and oxygen atoms in total. The minimum Gasteiger partial charge on any atom is -0.375 e. The van der Waals surface area contributed by atoms with Crippen LogP contribution in [-0.4, -0.2) is 46.4 Å². The molecule has 0 spiro atoms. The summed E-state index contributed by atoms with van der Waals surface area (Å²) >= 11 is 3.35. The summed E-state index contributed by atoms with van der Waals surface area (Å²) in [6.07, 6.45) is 5.22. The molecule has 1 saturated heterocycles. The van der Waals surface area contributed by atoms with Gasteiger partial charge in [-0.15, -0.1) is 0 Å². The predicted octanol–water partition coefficient (Wildman–Crippen LogP) is 1.67. The zero-order chi connectivity index (χ0) is 13.0. The average molecular weight is 316 g/mol. The third-order valence-corrected chi connectivity index (χ3v) is 3.38. The highest BCUT2D eigenvalue weighted by atomic mass is 79.9. The van der Waals surface area contributed by atoms with Crippen LogP contribution in [0.4, 0.5) is 0 Å². The number of carbonyl (C=O) groups excluding carboxylic acids is 1. The minimum absolute atomic E-state index is 0.157. The highest BCUT2D eigenvalue weighted by Crippen LogP contribution is 2.09. The zero-order valence-corrected chi connectivity index (χ0v) is 12.1. The van der Waals surface area contributed by atoms with Crippen LogP contribution in [0.2, 0.25) is 0 Å². The van der Waals surface area contributed by atoms with Crippen LogP contribution in [0.3, 0.4) is 0 Å². The molecular weight excluding hydrogens is 298 g/mol. The number of halogens is 1. The van der Waals surface area contributed by atoms with Gasteiger partial charge in [-0.1, -0.05) is 0 Å². The molecule has 100 valence electrons. The Kier molecular flexibility index (Phi) is 4.77. The van der Waals surface area contributed by atoms with Crippen molar-refractivity contribution < 1.29 is 9.53 Å². The van der Waals surface area contributed by atoms with Crippen LogP contribution < -0.4 is 0 Å². The normalized spacial score (nSPS) is 20.1. The van der Waals surface area contributed by atoms with Gasteiger partial charge in [-0.3, -0.25) is 9.48 Å². The lowest BCUT2D eigenvalue weighted by Gasteiger charge is -2.31. The molecule has 1 amide bonds. The van der Waals surface area contributed by atoms with E-state index in [-0.39, 0.29) is 12.0 Å². The summed E-state index contributed by atoms with van der Waals surface area (Å²) in [4.78, 5) is 13.9. The Balaban J connectivity index is 1.71. The lowest BCUT2D eigenvalue weighted by Crippen LogP contribution is -2.44. The predicted molar refractivity (Wildman–Crippen MR) is 71.2 cm³/mol. The van der Waals surface area contributed by atoms with Crippen molar-refractivity contribution in [2.75, 3.05) is 19.7 Å². The van der Waals surface area contributed by atoms with Gasteiger partial charge in [0.15, 0.2) is 0 Å². The summed E-state index contributed by atoms with van der Waals surface area (Å²) in [6, 6.07) is 0. The molecule has 1 unspecified atom stereocenters. The molecule has 6 heteroatoms. The molecule has 0 saturated carbocycles. The lowest BCUT2D eigenvalue weighted by molar-refractivity contribution is -0.138. The lowest BCUT2D eigenvalue weighted by atomic mass is 10.2. The Hall–Kier alpha value is -0.880. The zero-order valence-electron chi connectivity index (χ0n) is 10.5. The molecule has 1 atom stereocenters. The molecule has 0 N–H and O–H groups in total. The number of hydrogen-bond donors (Lipinski definition) is 0. The van der Waals surface area contributed by atoms with Gasteiger partial charge in [-0.05, 0) is 29.3 Å². The fourth-order valence-corrected chi connectivity index (χ4v) is 2.38. The van der Waals surface area contributed by atoms with Crippen LogP contribution in [0, 0.1) is 0 Å². The van der Waals surface area contributed by atoms with Crippen molar-refractivity contribution >= 4 is 21.8 Å². The first-order valence-corrected chi connectivity index (χ1v) is 7.02. The Labute approximate surface area is 115 Å². The second kappa shape index (κ2) is 6.33. The molecule has 0 bridgehead atoms. The van der Waals surface area contributed by atoms with E-state index >= 15 is 0 Å². The number of aryl methyl sites for hydroxylation is 1. The van der Waals surface area contributed by atoms with Gasteiger partial charge in [-0.25, -0.2) is 0 Å². The second-order valence-corrected chi connectivity index (χ2v) is 5.46.